The predicted molar refractivity (Wildman–Crippen MR) is 93.4 cm³/mol. The third-order valence-electron chi connectivity index (χ3n) is 3.57. The van der Waals surface area contributed by atoms with Crippen molar-refractivity contribution < 1.29 is 17.9 Å². The molecule has 2 aromatic rings. The van der Waals surface area contributed by atoms with Crippen molar-refractivity contribution in [1.82, 2.24) is 5.32 Å². The molecule has 1 N–H and O–H groups in total. The molecule has 24 heavy (non-hydrogen) atoms. The van der Waals surface area contributed by atoms with Crippen LogP contribution >= 0.6 is 11.6 Å². The SMILES string of the molecule is COc1ccc(C(=O)N[C@@H](C)c2ccc(S(C)(=O)=O)cc2)cc1Cl. The number of hydrogen-bond donors (Lipinski definition) is 1. The molecule has 0 heterocycles. The van der Waals surface area contributed by atoms with E-state index >= 15 is 0 Å². The van der Waals surface area contributed by atoms with Gasteiger partial charge in [0.2, 0.25) is 0 Å². The van der Waals surface area contributed by atoms with Gasteiger partial charge in [0.25, 0.3) is 5.91 Å². The predicted octanol–water partition coefficient (Wildman–Crippen LogP) is 3.24. The number of benzene rings is 2. The van der Waals surface area contributed by atoms with Gasteiger partial charge in [-0.3, -0.25) is 4.79 Å². The lowest BCUT2D eigenvalue weighted by Gasteiger charge is -2.15. The Balaban J connectivity index is 2.12. The number of hydrogen-bond acceptors (Lipinski definition) is 4. The van der Waals surface area contributed by atoms with E-state index in [1.165, 1.54) is 25.3 Å². The third kappa shape index (κ3) is 4.27. The molecule has 5 nitrogen and oxygen atoms in total. The Morgan fingerprint density at radius 3 is 2.29 bits per heavy atom. The maximum atomic E-state index is 12.3. The first kappa shape index (κ1) is 18.3. The molecular formula is C17H18ClNO4S. The van der Waals surface area contributed by atoms with Gasteiger partial charge >= 0.3 is 0 Å². The van der Waals surface area contributed by atoms with Crippen molar-refractivity contribution in [3.05, 3.63) is 58.6 Å². The summed E-state index contributed by atoms with van der Waals surface area (Å²) < 4.78 is 28.0. The van der Waals surface area contributed by atoms with Crippen molar-refractivity contribution in [3.63, 3.8) is 0 Å². The number of halogens is 1. The Morgan fingerprint density at radius 1 is 1.17 bits per heavy atom. The van der Waals surface area contributed by atoms with E-state index in [9.17, 15) is 13.2 Å². The van der Waals surface area contributed by atoms with Crippen LogP contribution in [0.5, 0.6) is 5.75 Å². The van der Waals surface area contributed by atoms with Crippen molar-refractivity contribution >= 4 is 27.3 Å². The molecule has 7 heteroatoms. The van der Waals surface area contributed by atoms with Gasteiger partial charge in [-0.05, 0) is 42.8 Å². The van der Waals surface area contributed by atoms with Crippen LogP contribution in [0.4, 0.5) is 0 Å². The average molecular weight is 368 g/mol. The highest BCUT2D eigenvalue weighted by atomic mass is 35.5. The smallest absolute Gasteiger partial charge is 0.251 e. The van der Waals surface area contributed by atoms with Crippen LogP contribution in [0.1, 0.15) is 28.9 Å². The van der Waals surface area contributed by atoms with E-state index in [0.29, 0.717) is 16.3 Å². The maximum absolute atomic E-state index is 12.3. The van der Waals surface area contributed by atoms with Crippen molar-refractivity contribution in [2.24, 2.45) is 0 Å². The first-order chi connectivity index (χ1) is 11.2. The van der Waals surface area contributed by atoms with Gasteiger partial charge in [-0.15, -0.1) is 0 Å². The highest BCUT2D eigenvalue weighted by molar-refractivity contribution is 7.90. The lowest BCUT2D eigenvalue weighted by atomic mass is 10.1. The van der Waals surface area contributed by atoms with Crippen LogP contribution in [0.15, 0.2) is 47.4 Å². The quantitative estimate of drug-likeness (QED) is 0.880. The van der Waals surface area contributed by atoms with E-state index in [-0.39, 0.29) is 16.8 Å². The molecule has 0 radical (unpaired) electrons. The fourth-order valence-electron chi connectivity index (χ4n) is 2.17. The summed E-state index contributed by atoms with van der Waals surface area (Å²) in [6, 6.07) is 10.9. The molecule has 0 aromatic heterocycles. The minimum atomic E-state index is -3.24. The summed E-state index contributed by atoms with van der Waals surface area (Å²) in [6.45, 7) is 1.82. The molecule has 2 rings (SSSR count). The average Bonchev–Trinajstić information content (AvgIpc) is 2.54. The van der Waals surface area contributed by atoms with Crippen molar-refractivity contribution in [2.75, 3.05) is 13.4 Å². The van der Waals surface area contributed by atoms with Gasteiger partial charge in [-0.1, -0.05) is 23.7 Å². The zero-order valence-electron chi connectivity index (χ0n) is 13.5. The molecule has 128 valence electrons. The van der Waals surface area contributed by atoms with Crippen LogP contribution in [0, 0.1) is 0 Å². The maximum Gasteiger partial charge on any atom is 0.251 e. The van der Waals surface area contributed by atoms with E-state index in [4.69, 9.17) is 16.3 Å². The Hall–Kier alpha value is -2.05. The Morgan fingerprint density at radius 2 is 1.79 bits per heavy atom. The van der Waals surface area contributed by atoms with E-state index in [0.717, 1.165) is 11.8 Å². The van der Waals surface area contributed by atoms with Crippen LogP contribution in [-0.2, 0) is 9.84 Å². The molecule has 0 aliphatic heterocycles. The molecule has 0 spiro atoms. The number of methoxy groups -OCH3 is 1. The van der Waals surface area contributed by atoms with Gasteiger partial charge in [-0.2, -0.15) is 0 Å². The van der Waals surface area contributed by atoms with Crippen LogP contribution < -0.4 is 10.1 Å². The van der Waals surface area contributed by atoms with Gasteiger partial charge in [0.15, 0.2) is 9.84 Å². The standard InChI is InChI=1S/C17H18ClNO4S/c1-11(12-4-7-14(8-5-12)24(3,21)22)19-17(20)13-6-9-16(23-2)15(18)10-13/h4-11H,1-3H3,(H,19,20)/t11-/m0/s1. The minimum absolute atomic E-state index is 0.242. The molecule has 0 bridgehead atoms. The summed E-state index contributed by atoms with van der Waals surface area (Å²) in [4.78, 5) is 12.5. The van der Waals surface area contributed by atoms with E-state index in [1.807, 2.05) is 6.92 Å². The molecule has 0 unspecified atom stereocenters. The fourth-order valence-corrected chi connectivity index (χ4v) is 3.06. The molecular weight excluding hydrogens is 350 g/mol. The summed E-state index contributed by atoms with van der Waals surface area (Å²) in [6.07, 6.45) is 1.15. The van der Waals surface area contributed by atoms with E-state index < -0.39 is 9.84 Å². The lowest BCUT2D eigenvalue weighted by molar-refractivity contribution is 0.0940. The van der Waals surface area contributed by atoms with Gasteiger partial charge < -0.3 is 10.1 Å². The second-order valence-electron chi connectivity index (χ2n) is 5.39. The Kier molecular flexibility index (Phi) is 5.51. The number of rotatable bonds is 5. The van der Waals surface area contributed by atoms with Crippen molar-refractivity contribution in [2.45, 2.75) is 17.9 Å². The highest BCUT2D eigenvalue weighted by Crippen LogP contribution is 2.25. The van der Waals surface area contributed by atoms with Crippen LogP contribution in [-0.4, -0.2) is 27.7 Å². The van der Waals surface area contributed by atoms with Crippen molar-refractivity contribution in [3.8, 4) is 5.75 Å². The monoisotopic (exact) mass is 367 g/mol. The van der Waals surface area contributed by atoms with Gasteiger partial charge in [-0.25, -0.2) is 8.42 Å². The molecule has 2 aromatic carbocycles. The summed E-state index contributed by atoms with van der Waals surface area (Å²) in [5.74, 6) is 0.219. The van der Waals surface area contributed by atoms with Gasteiger partial charge in [0, 0.05) is 11.8 Å². The fraction of sp³-hybridized carbons (Fsp3) is 0.235. The summed E-state index contributed by atoms with van der Waals surface area (Å²) in [5, 5.41) is 3.20. The largest absolute Gasteiger partial charge is 0.495 e. The zero-order valence-corrected chi connectivity index (χ0v) is 15.1. The number of sulfone groups is 1. The summed E-state index contributed by atoms with van der Waals surface area (Å²) in [5.41, 5.74) is 1.22. The molecule has 0 saturated carbocycles. The second kappa shape index (κ2) is 7.23. The summed E-state index contributed by atoms with van der Waals surface area (Å²) >= 11 is 6.03. The molecule has 0 aliphatic rings. The molecule has 1 amide bonds. The lowest BCUT2D eigenvalue weighted by Crippen LogP contribution is -2.26. The van der Waals surface area contributed by atoms with Gasteiger partial charge in [0.1, 0.15) is 5.75 Å². The Bertz CT molecular complexity index is 847. The normalized spacial score (nSPS) is 12.5. The van der Waals surface area contributed by atoms with Crippen LogP contribution in [0.2, 0.25) is 5.02 Å². The first-order valence-corrected chi connectivity index (χ1v) is 9.43. The molecule has 0 aliphatic carbocycles. The zero-order chi connectivity index (χ0) is 17.9. The second-order valence-corrected chi connectivity index (χ2v) is 7.81. The summed E-state index contributed by atoms with van der Waals surface area (Å²) in [7, 11) is -1.73. The topological polar surface area (TPSA) is 72.5 Å². The van der Waals surface area contributed by atoms with Crippen LogP contribution in [0.3, 0.4) is 0 Å². The van der Waals surface area contributed by atoms with Crippen LogP contribution in [0.25, 0.3) is 0 Å². The number of nitrogens with one attached hydrogen (secondary N) is 1. The molecule has 1 atom stereocenters. The minimum Gasteiger partial charge on any atom is -0.495 e. The van der Waals surface area contributed by atoms with Crippen molar-refractivity contribution in [1.29, 1.82) is 0 Å². The highest BCUT2D eigenvalue weighted by Gasteiger charge is 2.14. The number of ether oxygens (including phenoxy) is 1. The van der Waals surface area contributed by atoms with Gasteiger partial charge in [0.05, 0.1) is 23.1 Å². The number of carbonyl (C=O) groups is 1. The molecule has 0 saturated heterocycles. The van der Waals surface area contributed by atoms with E-state index in [2.05, 4.69) is 5.32 Å². The number of carbonyl (C=O) groups excluding carboxylic acids is 1. The number of amides is 1. The third-order valence-corrected chi connectivity index (χ3v) is 4.99. The molecule has 0 fully saturated rings. The van der Waals surface area contributed by atoms with E-state index in [1.54, 1.807) is 24.3 Å². The Labute approximate surface area is 146 Å². The first-order valence-electron chi connectivity index (χ1n) is 7.17.